The molecule has 2 fully saturated rings. The van der Waals surface area contributed by atoms with Crippen LogP contribution < -0.4 is 0 Å². The van der Waals surface area contributed by atoms with Gasteiger partial charge in [0, 0.05) is 61.8 Å². The fraction of sp³-hybridized carbons (Fsp3) is 0.444. The molecule has 33 heavy (non-hydrogen) atoms. The zero-order valence-corrected chi connectivity index (χ0v) is 19.4. The number of likely N-dealkylation sites (N-methyl/N-ethyl adjacent to an activating group) is 1. The van der Waals surface area contributed by atoms with Gasteiger partial charge in [0.05, 0.1) is 0 Å². The first-order chi connectivity index (χ1) is 16.1. The molecule has 1 unspecified atom stereocenters. The molecule has 174 valence electrons. The van der Waals surface area contributed by atoms with Gasteiger partial charge in [0.15, 0.2) is 0 Å². The number of aromatic nitrogens is 1. The van der Waals surface area contributed by atoms with E-state index in [1.807, 2.05) is 35.2 Å². The minimum atomic E-state index is -0.252. The number of rotatable bonds is 5. The summed E-state index contributed by atoms with van der Waals surface area (Å²) in [4.78, 5) is 23.5. The van der Waals surface area contributed by atoms with E-state index in [1.165, 1.54) is 25.5 Å². The van der Waals surface area contributed by atoms with Crippen LogP contribution in [0.15, 0.2) is 48.5 Å². The third-order valence-electron chi connectivity index (χ3n) is 7.30. The Bertz CT molecular complexity index is 1100. The highest BCUT2D eigenvalue weighted by molar-refractivity contribution is 5.91. The molecule has 6 heteroatoms. The summed E-state index contributed by atoms with van der Waals surface area (Å²) in [6.07, 6.45) is 3.56. The molecule has 0 spiro atoms. The lowest BCUT2D eigenvalue weighted by molar-refractivity contribution is -0.133. The van der Waals surface area contributed by atoms with Crippen molar-refractivity contribution < 1.29 is 9.18 Å². The lowest BCUT2D eigenvalue weighted by atomic mass is 10.0. The first-order valence-corrected chi connectivity index (χ1v) is 12.1. The van der Waals surface area contributed by atoms with E-state index in [9.17, 15) is 9.18 Å². The molecule has 1 amide bonds. The fourth-order valence-corrected chi connectivity index (χ4v) is 5.49. The third kappa shape index (κ3) is 4.82. The number of carbonyl (C=O) groups excluding carboxylic acids is 1. The van der Waals surface area contributed by atoms with Crippen molar-refractivity contribution in [3.63, 3.8) is 0 Å². The third-order valence-corrected chi connectivity index (χ3v) is 7.30. The molecule has 3 aromatic rings. The minimum absolute atomic E-state index is 0.195. The summed E-state index contributed by atoms with van der Waals surface area (Å²) in [6.45, 7) is 5.83. The molecular formula is C27H33FN4O. The second-order valence-corrected chi connectivity index (χ2v) is 9.51. The fourth-order valence-electron chi connectivity index (χ4n) is 5.49. The highest BCUT2D eigenvalue weighted by Crippen LogP contribution is 2.32. The maximum atomic E-state index is 14.0. The van der Waals surface area contributed by atoms with Crippen LogP contribution in [0.3, 0.4) is 0 Å². The zero-order valence-electron chi connectivity index (χ0n) is 19.4. The lowest BCUT2D eigenvalue weighted by Gasteiger charge is -2.42. The number of hydrogen-bond acceptors (Lipinski definition) is 3. The summed E-state index contributed by atoms with van der Waals surface area (Å²) in [5.74, 6) is -0.0571. The Morgan fingerprint density at radius 2 is 1.85 bits per heavy atom. The molecule has 1 aromatic heterocycles. The summed E-state index contributed by atoms with van der Waals surface area (Å²) in [6, 6.07) is 15.5. The number of carbonyl (C=O) groups is 1. The Hall–Kier alpha value is -2.70. The van der Waals surface area contributed by atoms with Gasteiger partial charge in [-0.1, -0.05) is 30.3 Å². The van der Waals surface area contributed by atoms with Gasteiger partial charge in [0.1, 0.15) is 5.82 Å². The van der Waals surface area contributed by atoms with E-state index in [1.54, 1.807) is 12.1 Å². The van der Waals surface area contributed by atoms with E-state index in [0.29, 0.717) is 18.9 Å². The average molecular weight is 449 g/mol. The molecule has 5 nitrogen and oxygen atoms in total. The van der Waals surface area contributed by atoms with Gasteiger partial charge in [0.25, 0.3) is 0 Å². The number of halogens is 1. The van der Waals surface area contributed by atoms with Crippen molar-refractivity contribution in [3.05, 3.63) is 59.9 Å². The second-order valence-electron chi connectivity index (χ2n) is 9.51. The molecule has 0 radical (unpaired) electrons. The molecule has 0 bridgehead atoms. The van der Waals surface area contributed by atoms with E-state index >= 15 is 0 Å². The van der Waals surface area contributed by atoms with E-state index in [2.05, 4.69) is 21.8 Å². The molecule has 2 aliphatic rings. The van der Waals surface area contributed by atoms with E-state index in [4.69, 9.17) is 0 Å². The Labute approximate surface area is 195 Å². The number of H-pyrrole nitrogens is 1. The molecule has 5 rings (SSSR count). The number of benzene rings is 2. The average Bonchev–Trinajstić information content (AvgIpc) is 3.21. The van der Waals surface area contributed by atoms with E-state index < -0.39 is 0 Å². The van der Waals surface area contributed by atoms with Crippen LogP contribution in [0, 0.1) is 5.82 Å². The highest BCUT2D eigenvalue weighted by Gasteiger charge is 2.28. The Morgan fingerprint density at radius 3 is 2.61 bits per heavy atom. The van der Waals surface area contributed by atoms with Crippen LogP contribution in [0.25, 0.3) is 22.2 Å². The summed E-state index contributed by atoms with van der Waals surface area (Å²) < 4.78 is 14.0. The molecule has 2 aromatic carbocycles. The summed E-state index contributed by atoms with van der Waals surface area (Å²) in [5.41, 5.74) is 3.97. The SMILES string of the molecule is CN1CCCC(N2CCN(C(=O)CCc3c(-c4ccccc4)[nH]c4ccc(F)cc34)CC2)C1. The van der Waals surface area contributed by atoms with Crippen LogP contribution in [0.5, 0.6) is 0 Å². The first kappa shape index (κ1) is 22.1. The quantitative estimate of drug-likeness (QED) is 0.638. The van der Waals surface area contributed by atoms with Crippen molar-refractivity contribution in [1.29, 1.82) is 0 Å². The predicted molar refractivity (Wildman–Crippen MR) is 131 cm³/mol. The summed E-state index contributed by atoms with van der Waals surface area (Å²) >= 11 is 0. The normalized spacial score (nSPS) is 20.4. The van der Waals surface area contributed by atoms with Gasteiger partial charge >= 0.3 is 0 Å². The highest BCUT2D eigenvalue weighted by atomic mass is 19.1. The Morgan fingerprint density at radius 1 is 1.06 bits per heavy atom. The predicted octanol–water partition coefficient (Wildman–Crippen LogP) is 4.15. The van der Waals surface area contributed by atoms with E-state index in [-0.39, 0.29) is 11.7 Å². The van der Waals surface area contributed by atoms with Crippen molar-refractivity contribution >= 4 is 16.8 Å². The summed E-state index contributed by atoms with van der Waals surface area (Å²) in [5, 5.41) is 0.868. The van der Waals surface area contributed by atoms with Gasteiger partial charge in [-0.15, -0.1) is 0 Å². The Kier molecular flexibility index (Phi) is 6.47. The monoisotopic (exact) mass is 448 g/mol. The molecule has 2 aliphatic heterocycles. The minimum Gasteiger partial charge on any atom is -0.354 e. The zero-order chi connectivity index (χ0) is 22.8. The van der Waals surface area contributed by atoms with Crippen molar-refractivity contribution in [3.8, 4) is 11.3 Å². The van der Waals surface area contributed by atoms with Gasteiger partial charge in [-0.2, -0.15) is 0 Å². The van der Waals surface area contributed by atoms with Gasteiger partial charge in [-0.05, 0) is 62.2 Å². The number of aryl methyl sites for hydroxylation is 1. The number of hydrogen-bond donors (Lipinski definition) is 1. The molecule has 2 saturated heterocycles. The maximum absolute atomic E-state index is 14.0. The molecule has 0 saturated carbocycles. The molecule has 1 N–H and O–H groups in total. The van der Waals surface area contributed by atoms with Crippen molar-refractivity contribution in [2.75, 3.05) is 46.3 Å². The summed E-state index contributed by atoms with van der Waals surface area (Å²) in [7, 11) is 2.20. The smallest absolute Gasteiger partial charge is 0.222 e. The van der Waals surface area contributed by atoms with Gasteiger partial charge < -0.3 is 14.8 Å². The van der Waals surface area contributed by atoms with Gasteiger partial charge in [-0.3, -0.25) is 9.69 Å². The Balaban J connectivity index is 1.26. The van der Waals surface area contributed by atoms with Crippen LogP contribution in [0.4, 0.5) is 4.39 Å². The lowest BCUT2D eigenvalue weighted by Crippen LogP contribution is -2.55. The number of piperidine rings is 1. The number of amides is 1. The van der Waals surface area contributed by atoms with Crippen LogP contribution in [-0.4, -0.2) is 77.9 Å². The van der Waals surface area contributed by atoms with E-state index in [0.717, 1.165) is 60.4 Å². The second kappa shape index (κ2) is 9.65. The standard InChI is InChI=1S/C27H33FN4O/c1-30-13-5-8-22(19-30)31-14-16-32(17-15-31)26(33)12-10-23-24-18-21(28)9-11-25(24)29-27(23)20-6-3-2-4-7-20/h2-4,6-7,9,11,18,22,29H,5,8,10,12-17,19H2,1H3. The van der Waals surface area contributed by atoms with Crippen molar-refractivity contribution in [2.24, 2.45) is 0 Å². The van der Waals surface area contributed by atoms with Crippen molar-refractivity contribution in [2.45, 2.75) is 31.7 Å². The van der Waals surface area contributed by atoms with Crippen LogP contribution in [0.2, 0.25) is 0 Å². The van der Waals surface area contributed by atoms with Crippen LogP contribution >= 0.6 is 0 Å². The van der Waals surface area contributed by atoms with Crippen molar-refractivity contribution in [1.82, 2.24) is 19.7 Å². The number of fused-ring (bicyclic) bond motifs is 1. The van der Waals surface area contributed by atoms with Crippen LogP contribution in [-0.2, 0) is 11.2 Å². The number of piperazine rings is 1. The van der Waals surface area contributed by atoms with Crippen LogP contribution in [0.1, 0.15) is 24.8 Å². The molecule has 3 heterocycles. The topological polar surface area (TPSA) is 42.6 Å². The number of nitrogens with one attached hydrogen (secondary N) is 1. The largest absolute Gasteiger partial charge is 0.354 e. The molecule has 0 aliphatic carbocycles. The van der Waals surface area contributed by atoms with Gasteiger partial charge in [-0.25, -0.2) is 4.39 Å². The first-order valence-electron chi connectivity index (χ1n) is 12.1. The number of aromatic amines is 1. The molecule has 1 atom stereocenters. The number of nitrogens with zero attached hydrogens (tertiary/aromatic N) is 3. The number of likely N-dealkylation sites (tertiary alicyclic amines) is 1. The maximum Gasteiger partial charge on any atom is 0.222 e. The molecular weight excluding hydrogens is 415 g/mol. The van der Waals surface area contributed by atoms with Gasteiger partial charge in [0.2, 0.25) is 5.91 Å².